The number of hydrogen-bond acceptors (Lipinski definition) is 3. The molecule has 0 unspecified atom stereocenters. The Morgan fingerprint density at radius 1 is 1.28 bits per heavy atom. The first kappa shape index (κ1) is 13.1. The van der Waals surface area contributed by atoms with Gasteiger partial charge in [-0.15, -0.1) is 10.2 Å². The zero-order chi connectivity index (χ0) is 13.1. The van der Waals surface area contributed by atoms with Gasteiger partial charge in [-0.25, -0.2) is 0 Å². The maximum atomic E-state index is 4.25. The van der Waals surface area contributed by atoms with Crippen LogP contribution in [-0.2, 0) is 12.8 Å². The second kappa shape index (κ2) is 5.57. The van der Waals surface area contributed by atoms with Crippen molar-refractivity contribution in [3.05, 3.63) is 41.2 Å². The van der Waals surface area contributed by atoms with Gasteiger partial charge >= 0.3 is 0 Å². The topological polar surface area (TPSA) is 30.7 Å². The van der Waals surface area contributed by atoms with Gasteiger partial charge in [0.15, 0.2) is 5.16 Å². The van der Waals surface area contributed by atoms with Crippen LogP contribution in [0.3, 0.4) is 0 Å². The molecule has 0 bridgehead atoms. The number of thioether (sulfide) groups is 1. The molecule has 0 atom stereocenters. The SMILES string of the molecule is Cc1cccc(CSc2nnc(C(C)C)n2C)c1. The van der Waals surface area contributed by atoms with Crippen molar-refractivity contribution >= 4 is 11.8 Å². The fourth-order valence-corrected chi connectivity index (χ4v) is 2.77. The fourth-order valence-electron chi connectivity index (χ4n) is 1.90. The predicted molar refractivity (Wildman–Crippen MR) is 75.8 cm³/mol. The standard InChI is InChI=1S/C14H19N3S/c1-10(2)13-15-16-14(17(13)4)18-9-12-7-5-6-11(3)8-12/h5-8,10H,9H2,1-4H3. The van der Waals surface area contributed by atoms with Crippen LogP contribution in [0.2, 0.25) is 0 Å². The summed E-state index contributed by atoms with van der Waals surface area (Å²) in [6, 6.07) is 8.58. The average molecular weight is 261 g/mol. The molecule has 0 aliphatic rings. The number of rotatable bonds is 4. The lowest BCUT2D eigenvalue weighted by Gasteiger charge is -2.06. The Hall–Kier alpha value is -1.29. The van der Waals surface area contributed by atoms with E-state index in [9.17, 15) is 0 Å². The fraction of sp³-hybridized carbons (Fsp3) is 0.429. The Bertz CT molecular complexity index is 532. The number of nitrogens with zero attached hydrogens (tertiary/aromatic N) is 3. The van der Waals surface area contributed by atoms with Gasteiger partial charge in [-0.2, -0.15) is 0 Å². The normalized spacial score (nSPS) is 11.2. The molecule has 2 aromatic rings. The predicted octanol–water partition coefficient (Wildman–Crippen LogP) is 3.54. The summed E-state index contributed by atoms with van der Waals surface area (Å²) in [6.45, 7) is 6.39. The van der Waals surface area contributed by atoms with Crippen molar-refractivity contribution in [2.75, 3.05) is 0 Å². The van der Waals surface area contributed by atoms with Crippen molar-refractivity contribution in [3.63, 3.8) is 0 Å². The van der Waals surface area contributed by atoms with Gasteiger partial charge in [0, 0.05) is 18.7 Å². The van der Waals surface area contributed by atoms with Gasteiger partial charge < -0.3 is 4.57 Å². The monoisotopic (exact) mass is 261 g/mol. The molecular formula is C14H19N3S. The molecule has 96 valence electrons. The summed E-state index contributed by atoms with van der Waals surface area (Å²) in [5.74, 6) is 2.39. The smallest absolute Gasteiger partial charge is 0.191 e. The Morgan fingerprint density at radius 2 is 2.06 bits per heavy atom. The minimum Gasteiger partial charge on any atom is -0.309 e. The summed E-state index contributed by atoms with van der Waals surface area (Å²) in [5, 5.41) is 9.47. The van der Waals surface area contributed by atoms with E-state index in [-0.39, 0.29) is 0 Å². The lowest BCUT2D eigenvalue weighted by atomic mass is 10.2. The van der Waals surface area contributed by atoms with Crippen molar-refractivity contribution in [3.8, 4) is 0 Å². The van der Waals surface area contributed by atoms with Crippen molar-refractivity contribution in [2.24, 2.45) is 7.05 Å². The lowest BCUT2D eigenvalue weighted by Crippen LogP contribution is -2.00. The third-order valence-corrected chi connectivity index (χ3v) is 3.93. The van der Waals surface area contributed by atoms with E-state index < -0.39 is 0 Å². The summed E-state index contributed by atoms with van der Waals surface area (Å²) in [4.78, 5) is 0. The van der Waals surface area contributed by atoms with Crippen LogP contribution in [0.25, 0.3) is 0 Å². The zero-order valence-corrected chi connectivity index (χ0v) is 12.2. The molecule has 1 aromatic carbocycles. The summed E-state index contributed by atoms with van der Waals surface area (Å²) < 4.78 is 2.09. The van der Waals surface area contributed by atoms with E-state index >= 15 is 0 Å². The molecule has 1 heterocycles. The second-order valence-electron chi connectivity index (χ2n) is 4.83. The molecule has 1 aromatic heterocycles. The first-order chi connectivity index (χ1) is 8.58. The highest BCUT2D eigenvalue weighted by molar-refractivity contribution is 7.98. The lowest BCUT2D eigenvalue weighted by molar-refractivity contribution is 0.680. The maximum Gasteiger partial charge on any atom is 0.191 e. The molecular weight excluding hydrogens is 242 g/mol. The van der Waals surface area contributed by atoms with Crippen LogP contribution in [0, 0.1) is 6.92 Å². The highest BCUT2D eigenvalue weighted by Crippen LogP contribution is 2.23. The molecule has 4 heteroatoms. The minimum absolute atomic E-state index is 0.413. The van der Waals surface area contributed by atoms with E-state index in [0.717, 1.165) is 16.7 Å². The molecule has 0 saturated heterocycles. The highest BCUT2D eigenvalue weighted by atomic mass is 32.2. The van der Waals surface area contributed by atoms with E-state index in [1.165, 1.54) is 11.1 Å². The molecule has 0 aliphatic carbocycles. The number of aromatic nitrogens is 3. The Balaban J connectivity index is 2.07. The van der Waals surface area contributed by atoms with Crippen LogP contribution in [-0.4, -0.2) is 14.8 Å². The van der Waals surface area contributed by atoms with Gasteiger partial charge in [-0.05, 0) is 12.5 Å². The third-order valence-electron chi connectivity index (χ3n) is 2.84. The Kier molecular flexibility index (Phi) is 4.07. The first-order valence-electron chi connectivity index (χ1n) is 6.15. The van der Waals surface area contributed by atoms with Gasteiger partial charge in [0.25, 0.3) is 0 Å². The minimum atomic E-state index is 0.413. The molecule has 0 amide bonds. The van der Waals surface area contributed by atoms with E-state index in [1.54, 1.807) is 11.8 Å². The first-order valence-corrected chi connectivity index (χ1v) is 7.14. The third kappa shape index (κ3) is 2.93. The van der Waals surface area contributed by atoms with E-state index in [4.69, 9.17) is 0 Å². The van der Waals surface area contributed by atoms with Crippen molar-refractivity contribution < 1.29 is 0 Å². The summed E-state index contributed by atoms with van der Waals surface area (Å²) in [6.07, 6.45) is 0. The second-order valence-corrected chi connectivity index (χ2v) is 5.77. The van der Waals surface area contributed by atoms with Crippen LogP contribution in [0.5, 0.6) is 0 Å². The number of benzene rings is 1. The Morgan fingerprint density at radius 3 is 2.67 bits per heavy atom. The van der Waals surface area contributed by atoms with Gasteiger partial charge in [-0.1, -0.05) is 55.4 Å². The molecule has 0 radical (unpaired) electrons. The molecule has 2 rings (SSSR count). The van der Waals surface area contributed by atoms with Crippen LogP contribution < -0.4 is 0 Å². The van der Waals surface area contributed by atoms with E-state index in [2.05, 4.69) is 59.8 Å². The number of hydrogen-bond donors (Lipinski definition) is 0. The van der Waals surface area contributed by atoms with Crippen molar-refractivity contribution in [1.29, 1.82) is 0 Å². The molecule has 0 saturated carbocycles. The van der Waals surface area contributed by atoms with Gasteiger partial charge in [-0.3, -0.25) is 0 Å². The van der Waals surface area contributed by atoms with Crippen molar-refractivity contribution in [1.82, 2.24) is 14.8 Å². The summed E-state index contributed by atoms with van der Waals surface area (Å²) in [7, 11) is 2.04. The molecule has 18 heavy (non-hydrogen) atoms. The molecule has 0 N–H and O–H groups in total. The van der Waals surface area contributed by atoms with E-state index in [0.29, 0.717) is 5.92 Å². The molecule has 0 aliphatic heterocycles. The van der Waals surface area contributed by atoms with Crippen LogP contribution in [0.1, 0.15) is 36.7 Å². The summed E-state index contributed by atoms with van der Waals surface area (Å²) in [5.41, 5.74) is 2.63. The van der Waals surface area contributed by atoms with Crippen LogP contribution in [0.15, 0.2) is 29.4 Å². The quantitative estimate of drug-likeness (QED) is 0.789. The van der Waals surface area contributed by atoms with Crippen LogP contribution in [0.4, 0.5) is 0 Å². The molecule has 0 spiro atoms. The largest absolute Gasteiger partial charge is 0.309 e. The van der Waals surface area contributed by atoms with Crippen LogP contribution >= 0.6 is 11.8 Å². The highest BCUT2D eigenvalue weighted by Gasteiger charge is 2.11. The molecule has 3 nitrogen and oxygen atoms in total. The van der Waals surface area contributed by atoms with Gasteiger partial charge in [0.05, 0.1) is 0 Å². The summed E-state index contributed by atoms with van der Waals surface area (Å²) >= 11 is 1.74. The maximum absolute atomic E-state index is 4.25. The van der Waals surface area contributed by atoms with Crippen molar-refractivity contribution in [2.45, 2.75) is 37.6 Å². The molecule has 0 fully saturated rings. The average Bonchev–Trinajstić information content (AvgIpc) is 2.68. The zero-order valence-electron chi connectivity index (χ0n) is 11.3. The Labute approximate surface area is 113 Å². The van der Waals surface area contributed by atoms with E-state index in [1.807, 2.05) is 7.05 Å². The number of aryl methyl sites for hydroxylation is 1. The van der Waals surface area contributed by atoms with Gasteiger partial charge in [0.2, 0.25) is 0 Å². The van der Waals surface area contributed by atoms with Gasteiger partial charge in [0.1, 0.15) is 5.82 Å².